The predicted octanol–water partition coefficient (Wildman–Crippen LogP) is 2.36. The number of nitriles is 1. The maximum absolute atomic E-state index is 11.9. The Morgan fingerprint density at radius 3 is 2.54 bits per heavy atom. The van der Waals surface area contributed by atoms with Crippen molar-refractivity contribution in [2.24, 2.45) is 5.92 Å². The highest BCUT2D eigenvalue weighted by Gasteiger charge is 2.30. The standard InChI is InChI=1S/C18H24N2O4/c1-12(2)18(5,11-19)20-16(21)10-23-17(22)14(4)24-15-8-6-7-13(3)9-15/h6-9,12,14H,10H2,1-5H3,(H,20,21)/t14-,18-/m0/s1. The third-order valence-electron chi connectivity index (χ3n) is 3.77. The van der Waals surface area contributed by atoms with Gasteiger partial charge in [0.05, 0.1) is 6.07 Å². The molecule has 1 aromatic carbocycles. The number of carbonyl (C=O) groups excluding carboxylic acids is 2. The fourth-order valence-electron chi connectivity index (χ4n) is 1.82. The van der Waals surface area contributed by atoms with Gasteiger partial charge in [0, 0.05) is 0 Å². The molecule has 0 aliphatic rings. The van der Waals surface area contributed by atoms with Crippen molar-refractivity contribution in [1.29, 1.82) is 5.26 Å². The lowest BCUT2D eigenvalue weighted by Gasteiger charge is -2.27. The summed E-state index contributed by atoms with van der Waals surface area (Å²) in [6, 6.07) is 9.35. The molecule has 1 N–H and O–H groups in total. The molecule has 0 aliphatic heterocycles. The van der Waals surface area contributed by atoms with Crippen molar-refractivity contribution < 1.29 is 19.1 Å². The molecule has 0 spiro atoms. The van der Waals surface area contributed by atoms with Gasteiger partial charge >= 0.3 is 5.97 Å². The highest BCUT2D eigenvalue weighted by molar-refractivity contribution is 5.82. The average molecular weight is 332 g/mol. The van der Waals surface area contributed by atoms with Gasteiger partial charge in [0.2, 0.25) is 0 Å². The van der Waals surface area contributed by atoms with E-state index in [4.69, 9.17) is 14.7 Å². The van der Waals surface area contributed by atoms with Crippen LogP contribution in [-0.4, -0.2) is 30.1 Å². The molecule has 0 aliphatic carbocycles. The van der Waals surface area contributed by atoms with Gasteiger partial charge in [0.25, 0.3) is 5.91 Å². The maximum Gasteiger partial charge on any atom is 0.347 e. The molecule has 2 atom stereocenters. The number of amides is 1. The molecule has 1 rings (SSSR count). The lowest BCUT2D eigenvalue weighted by Crippen LogP contribution is -2.50. The molecule has 0 aromatic heterocycles. The van der Waals surface area contributed by atoms with Crippen LogP contribution in [0.25, 0.3) is 0 Å². The summed E-state index contributed by atoms with van der Waals surface area (Å²) in [5, 5.41) is 11.7. The Bertz CT molecular complexity index is 636. The van der Waals surface area contributed by atoms with E-state index in [-0.39, 0.29) is 5.92 Å². The van der Waals surface area contributed by atoms with Gasteiger partial charge in [0.1, 0.15) is 11.3 Å². The number of nitrogens with zero attached hydrogens (tertiary/aromatic N) is 1. The molecule has 6 heteroatoms. The van der Waals surface area contributed by atoms with Crippen molar-refractivity contribution in [2.75, 3.05) is 6.61 Å². The smallest absolute Gasteiger partial charge is 0.347 e. The van der Waals surface area contributed by atoms with Crippen LogP contribution in [0.2, 0.25) is 0 Å². The van der Waals surface area contributed by atoms with E-state index in [9.17, 15) is 9.59 Å². The number of rotatable bonds is 7. The van der Waals surface area contributed by atoms with E-state index in [1.165, 1.54) is 0 Å². The molecule has 24 heavy (non-hydrogen) atoms. The first-order chi connectivity index (χ1) is 11.2. The normalized spacial score (nSPS) is 14.2. The number of carbonyl (C=O) groups is 2. The number of ether oxygens (including phenoxy) is 2. The largest absolute Gasteiger partial charge is 0.479 e. The summed E-state index contributed by atoms with van der Waals surface area (Å²) in [5.41, 5.74) is 0.00426. The maximum atomic E-state index is 11.9. The lowest BCUT2D eigenvalue weighted by atomic mass is 9.90. The summed E-state index contributed by atoms with van der Waals surface area (Å²) in [5.74, 6) is -0.690. The second-order valence-electron chi connectivity index (χ2n) is 6.20. The Labute approximate surface area is 142 Å². The monoisotopic (exact) mass is 332 g/mol. The molecule has 0 saturated heterocycles. The van der Waals surface area contributed by atoms with Crippen LogP contribution < -0.4 is 10.1 Å². The van der Waals surface area contributed by atoms with Crippen LogP contribution in [0.15, 0.2) is 24.3 Å². The molecule has 0 heterocycles. The van der Waals surface area contributed by atoms with Crippen LogP contribution in [0.3, 0.4) is 0 Å². The van der Waals surface area contributed by atoms with Crippen molar-refractivity contribution in [2.45, 2.75) is 46.3 Å². The van der Waals surface area contributed by atoms with Crippen LogP contribution in [0.4, 0.5) is 0 Å². The number of benzene rings is 1. The lowest BCUT2D eigenvalue weighted by molar-refractivity contribution is -0.155. The molecule has 130 valence electrons. The zero-order valence-electron chi connectivity index (χ0n) is 14.8. The highest BCUT2D eigenvalue weighted by Crippen LogP contribution is 2.16. The first-order valence-corrected chi connectivity index (χ1v) is 7.80. The Kier molecular flexibility index (Phi) is 6.78. The molecule has 1 aromatic rings. The molecule has 0 fully saturated rings. The fourth-order valence-corrected chi connectivity index (χ4v) is 1.82. The first kappa shape index (κ1) is 19.5. The molecule has 0 radical (unpaired) electrons. The van der Waals surface area contributed by atoms with Crippen molar-refractivity contribution in [3.05, 3.63) is 29.8 Å². The molecule has 1 amide bonds. The third-order valence-corrected chi connectivity index (χ3v) is 3.77. The van der Waals surface area contributed by atoms with Crippen LogP contribution >= 0.6 is 0 Å². The van der Waals surface area contributed by atoms with Gasteiger partial charge in [-0.1, -0.05) is 26.0 Å². The minimum atomic E-state index is -1.01. The highest BCUT2D eigenvalue weighted by atomic mass is 16.6. The van der Waals surface area contributed by atoms with Crippen molar-refractivity contribution in [3.63, 3.8) is 0 Å². The zero-order valence-corrected chi connectivity index (χ0v) is 14.8. The van der Waals surface area contributed by atoms with E-state index in [1.807, 2.05) is 32.9 Å². The van der Waals surface area contributed by atoms with Gasteiger partial charge in [-0.05, 0) is 44.4 Å². The van der Waals surface area contributed by atoms with Gasteiger partial charge in [-0.3, -0.25) is 4.79 Å². The topological polar surface area (TPSA) is 88.4 Å². The number of aryl methyl sites for hydroxylation is 1. The van der Waals surface area contributed by atoms with Gasteiger partial charge in [-0.25, -0.2) is 4.79 Å². The molecule has 0 saturated carbocycles. The molecule has 0 unspecified atom stereocenters. The number of hydrogen-bond acceptors (Lipinski definition) is 5. The van der Waals surface area contributed by atoms with E-state index in [2.05, 4.69) is 11.4 Å². The van der Waals surface area contributed by atoms with Crippen LogP contribution in [0, 0.1) is 24.2 Å². The average Bonchev–Trinajstić information content (AvgIpc) is 2.52. The van der Waals surface area contributed by atoms with Gasteiger partial charge in [-0.15, -0.1) is 0 Å². The Morgan fingerprint density at radius 1 is 1.33 bits per heavy atom. The minimum absolute atomic E-state index is 0.0780. The molecule has 6 nitrogen and oxygen atoms in total. The van der Waals surface area contributed by atoms with E-state index in [0.717, 1.165) is 5.56 Å². The van der Waals surface area contributed by atoms with E-state index in [1.54, 1.807) is 26.0 Å². The van der Waals surface area contributed by atoms with Crippen molar-refractivity contribution in [3.8, 4) is 11.8 Å². The second kappa shape index (κ2) is 8.34. The third kappa shape index (κ3) is 5.58. The van der Waals surface area contributed by atoms with E-state index >= 15 is 0 Å². The van der Waals surface area contributed by atoms with Gasteiger partial charge in [-0.2, -0.15) is 5.26 Å². The summed E-state index contributed by atoms with van der Waals surface area (Å²) in [7, 11) is 0. The predicted molar refractivity (Wildman–Crippen MR) is 89.2 cm³/mol. The summed E-state index contributed by atoms with van der Waals surface area (Å²) in [6.07, 6.45) is -0.841. The minimum Gasteiger partial charge on any atom is -0.479 e. The zero-order chi connectivity index (χ0) is 18.3. The second-order valence-corrected chi connectivity index (χ2v) is 6.20. The summed E-state index contributed by atoms with van der Waals surface area (Å²) >= 11 is 0. The quantitative estimate of drug-likeness (QED) is 0.774. The molecule has 0 bridgehead atoms. The summed E-state index contributed by atoms with van der Waals surface area (Å²) < 4.78 is 10.4. The van der Waals surface area contributed by atoms with Crippen LogP contribution in [0.5, 0.6) is 5.75 Å². The fraction of sp³-hybridized carbons (Fsp3) is 0.500. The Balaban J connectivity index is 2.50. The SMILES string of the molecule is Cc1cccc(O[C@@H](C)C(=O)OCC(=O)N[C@@](C)(C#N)C(C)C)c1. The van der Waals surface area contributed by atoms with E-state index in [0.29, 0.717) is 5.75 Å². The number of nitrogens with one attached hydrogen (secondary N) is 1. The van der Waals surface area contributed by atoms with E-state index < -0.39 is 30.1 Å². The summed E-state index contributed by atoms with van der Waals surface area (Å²) in [6.45, 7) is 8.29. The number of hydrogen-bond donors (Lipinski definition) is 1. The van der Waals surface area contributed by atoms with Crippen LogP contribution in [-0.2, 0) is 14.3 Å². The first-order valence-electron chi connectivity index (χ1n) is 7.80. The Hall–Kier alpha value is -2.55. The van der Waals surface area contributed by atoms with Crippen LogP contribution in [0.1, 0.15) is 33.3 Å². The molecular weight excluding hydrogens is 308 g/mol. The summed E-state index contributed by atoms with van der Waals surface area (Å²) in [4.78, 5) is 23.8. The van der Waals surface area contributed by atoms with Crippen molar-refractivity contribution >= 4 is 11.9 Å². The van der Waals surface area contributed by atoms with Gasteiger partial charge < -0.3 is 14.8 Å². The van der Waals surface area contributed by atoms with Crippen molar-refractivity contribution in [1.82, 2.24) is 5.32 Å². The number of esters is 1. The molecular formula is C18H24N2O4. The van der Waals surface area contributed by atoms with Gasteiger partial charge in [0.15, 0.2) is 12.7 Å². The Morgan fingerprint density at radius 2 is 2.00 bits per heavy atom.